The van der Waals surface area contributed by atoms with E-state index >= 15 is 0 Å². The van der Waals surface area contributed by atoms with Gasteiger partial charge in [0.2, 0.25) is 0 Å². The van der Waals surface area contributed by atoms with E-state index in [0.717, 1.165) is 17.2 Å². The lowest BCUT2D eigenvalue weighted by atomic mass is 10.0. The van der Waals surface area contributed by atoms with E-state index in [1.807, 2.05) is 18.2 Å². The number of fused-ring (bicyclic) bond motifs is 1. The highest BCUT2D eigenvalue weighted by molar-refractivity contribution is 6.34. The van der Waals surface area contributed by atoms with Gasteiger partial charge in [-0.2, -0.15) is 5.26 Å². The summed E-state index contributed by atoms with van der Waals surface area (Å²) in [5.74, 6) is 0. The largest absolute Gasteiger partial charge is 0.243 e. The molecule has 2 rings (SSSR count). The highest BCUT2D eigenvalue weighted by Gasteiger charge is 2.05. The molecule has 0 saturated carbocycles. The molecule has 2 aromatic rings. The fourth-order valence-corrected chi connectivity index (χ4v) is 1.78. The summed E-state index contributed by atoms with van der Waals surface area (Å²) in [7, 11) is 0. The summed E-state index contributed by atoms with van der Waals surface area (Å²) in [6.07, 6.45) is 2.46. The van der Waals surface area contributed by atoms with E-state index in [1.54, 1.807) is 0 Å². The summed E-state index contributed by atoms with van der Waals surface area (Å²) < 4.78 is 0. The van der Waals surface area contributed by atoms with Gasteiger partial charge in [-0.1, -0.05) is 30.7 Å². The smallest absolute Gasteiger partial charge is 0.136 e. The molecule has 0 N–H and O–H groups in total. The fraction of sp³-hybridized carbons (Fsp3) is 0.167. The Morgan fingerprint density at radius 1 is 1.40 bits per heavy atom. The molecule has 74 valence electrons. The Morgan fingerprint density at radius 3 is 2.87 bits per heavy atom. The Hall–Kier alpha value is -1.59. The molecule has 1 aromatic carbocycles. The number of hydrogen-bond acceptors (Lipinski definition) is 2. The Bertz CT molecular complexity index is 555. The number of halogens is 1. The van der Waals surface area contributed by atoms with Crippen LogP contribution in [0.2, 0.25) is 5.15 Å². The molecule has 15 heavy (non-hydrogen) atoms. The van der Waals surface area contributed by atoms with Crippen LogP contribution in [0.1, 0.15) is 18.1 Å². The van der Waals surface area contributed by atoms with Crippen LogP contribution in [0.5, 0.6) is 0 Å². The SMILES string of the molecule is CCc1ccc2c(Cl)ncc(C#N)c2c1. The van der Waals surface area contributed by atoms with Crippen LogP contribution in [0.15, 0.2) is 24.4 Å². The van der Waals surface area contributed by atoms with Crippen molar-refractivity contribution >= 4 is 22.4 Å². The first kappa shape index (κ1) is 9.95. The van der Waals surface area contributed by atoms with Gasteiger partial charge in [-0.15, -0.1) is 0 Å². The molecule has 0 saturated heterocycles. The van der Waals surface area contributed by atoms with Crippen LogP contribution < -0.4 is 0 Å². The van der Waals surface area contributed by atoms with Crippen LogP contribution in [-0.4, -0.2) is 4.98 Å². The van der Waals surface area contributed by atoms with Gasteiger partial charge in [-0.05, 0) is 18.1 Å². The van der Waals surface area contributed by atoms with Crippen LogP contribution in [-0.2, 0) is 6.42 Å². The number of hydrogen-bond donors (Lipinski definition) is 0. The van der Waals surface area contributed by atoms with Crippen LogP contribution >= 0.6 is 11.6 Å². The van der Waals surface area contributed by atoms with Crippen LogP contribution in [0.4, 0.5) is 0 Å². The molecule has 3 heteroatoms. The number of rotatable bonds is 1. The topological polar surface area (TPSA) is 36.7 Å². The molecule has 0 aliphatic carbocycles. The summed E-state index contributed by atoms with van der Waals surface area (Å²) in [5, 5.41) is 11.1. The Balaban J connectivity index is 2.84. The van der Waals surface area contributed by atoms with Gasteiger partial charge < -0.3 is 0 Å². The molecule has 0 radical (unpaired) electrons. The molecule has 1 heterocycles. The van der Waals surface area contributed by atoms with Gasteiger partial charge in [0.05, 0.1) is 5.56 Å². The lowest BCUT2D eigenvalue weighted by molar-refractivity contribution is 1.14. The second-order valence-electron chi connectivity index (χ2n) is 3.31. The summed E-state index contributed by atoms with van der Waals surface area (Å²) in [5.41, 5.74) is 1.77. The maximum Gasteiger partial charge on any atom is 0.136 e. The van der Waals surface area contributed by atoms with Gasteiger partial charge in [0.1, 0.15) is 11.2 Å². The highest BCUT2D eigenvalue weighted by Crippen LogP contribution is 2.25. The van der Waals surface area contributed by atoms with Crippen molar-refractivity contribution in [3.8, 4) is 6.07 Å². The third-order valence-corrected chi connectivity index (χ3v) is 2.73. The van der Waals surface area contributed by atoms with E-state index in [-0.39, 0.29) is 0 Å². The van der Waals surface area contributed by atoms with Gasteiger partial charge >= 0.3 is 0 Å². The summed E-state index contributed by atoms with van der Waals surface area (Å²) >= 11 is 5.96. The van der Waals surface area contributed by atoms with E-state index in [2.05, 4.69) is 18.0 Å². The van der Waals surface area contributed by atoms with E-state index in [4.69, 9.17) is 16.9 Å². The van der Waals surface area contributed by atoms with Crippen molar-refractivity contribution in [3.05, 3.63) is 40.7 Å². The van der Waals surface area contributed by atoms with E-state index in [1.165, 1.54) is 11.8 Å². The minimum absolute atomic E-state index is 0.451. The number of nitriles is 1. The molecule has 0 spiro atoms. The van der Waals surface area contributed by atoms with Gasteiger partial charge in [0.25, 0.3) is 0 Å². The third kappa shape index (κ3) is 1.67. The van der Waals surface area contributed by atoms with Gasteiger partial charge in [-0.25, -0.2) is 4.98 Å². The molecular weight excluding hydrogens is 208 g/mol. The predicted octanol–water partition coefficient (Wildman–Crippen LogP) is 3.32. The van der Waals surface area contributed by atoms with Crippen molar-refractivity contribution in [1.82, 2.24) is 4.98 Å². The van der Waals surface area contributed by atoms with Gasteiger partial charge in [-0.3, -0.25) is 0 Å². The van der Waals surface area contributed by atoms with Crippen molar-refractivity contribution in [1.29, 1.82) is 5.26 Å². The zero-order chi connectivity index (χ0) is 10.8. The summed E-state index contributed by atoms with van der Waals surface area (Å²) in [4.78, 5) is 3.98. The number of nitrogens with zero attached hydrogens (tertiary/aromatic N) is 2. The highest BCUT2D eigenvalue weighted by atomic mass is 35.5. The average molecular weight is 217 g/mol. The number of pyridine rings is 1. The average Bonchev–Trinajstić information content (AvgIpc) is 2.29. The minimum Gasteiger partial charge on any atom is -0.243 e. The van der Waals surface area contributed by atoms with Gasteiger partial charge in [0.15, 0.2) is 0 Å². The molecule has 1 aromatic heterocycles. The molecule has 0 fully saturated rings. The first-order valence-corrected chi connectivity index (χ1v) is 5.11. The second kappa shape index (κ2) is 3.88. The van der Waals surface area contributed by atoms with E-state index < -0.39 is 0 Å². The molecular formula is C12H9ClN2. The zero-order valence-electron chi connectivity index (χ0n) is 8.29. The van der Waals surface area contributed by atoms with E-state index in [0.29, 0.717) is 10.7 Å². The quantitative estimate of drug-likeness (QED) is 0.686. The molecule has 0 amide bonds. The maximum absolute atomic E-state index is 8.96. The molecule has 0 bridgehead atoms. The van der Waals surface area contributed by atoms with Gasteiger partial charge in [0, 0.05) is 17.0 Å². The molecule has 0 aliphatic rings. The molecule has 0 atom stereocenters. The Labute approximate surface area is 93.1 Å². The van der Waals surface area contributed by atoms with Crippen molar-refractivity contribution in [2.75, 3.05) is 0 Å². The maximum atomic E-state index is 8.96. The minimum atomic E-state index is 0.451. The Morgan fingerprint density at radius 2 is 2.20 bits per heavy atom. The summed E-state index contributed by atoms with van der Waals surface area (Å²) in [6.45, 7) is 2.08. The monoisotopic (exact) mass is 216 g/mol. The van der Waals surface area contributed by atoms with E-state index in [9.17, 15) is 0 Å². The predicted molar refractivity (Wildman–Crippen MR) is 60.8 cm³/mol. The molecule has 2 nitrogen and oxygen atoms in total. The van der Waals surface area contributed by atoms with Crippen LogP contribution in [0.25, 0.3) is 10.8 Å². The number of aryl methyl sites for hydroxylation is 1. The van der Waals surface area contributed by atoms with Crippen LogP contribution in [0, 0.1) is 11.3 Å². The number of aromatic nitrogens is 1. The van der Waals surface area contributed by atoms with Crippen LogP contribution in [0.3, 0.4) is 0 Å². The standard InChI is InChI=1S/C12H9ClN2/c1-2-8-3-4-10-11(5-8)9(6-14)7-15-12(10)13/h3-5,7H,2H2,1H3. The lowest BCUT2D eigenvalue weighted by Gasteiger charge is -2.03. The first-order valence-electron chi connectivity index (χ1n) is 4.73. The third-order valence-electron chi connectivity index (χ3n) is 2.43. The van der Waals surface area contributed by atoms with Crippen molar-refractivity contribution in [3.63, 3.8) is 0 Å². The van der Waals surface area contributed by atoms with Crippen molar-refractivity contribution in [2.24, 2.45) is 0 Å². The fourth-order valence-electron chi connectivity index (χ4n) is 1.56. The first-order chi connectivity index (χ1) is 7.26. The number of benzene rings is 1. The van der Waals surface area contributed by atoms with Crippen molar-refractivity contribution < 1.29 is 0 Å². The second-order valence-corrected chi connectivity index (χ2v) is 3.67. The lowest BCUT2D eigenvalue weighted by Crippen LogP contribution is -1.87. The normalized spacial score (nSPS) is 10.2. The summed E-state index contributed by atoms with van der Waals surface area (Å²) in [6, 6.07) is 8.06. The zero-order valence-corrected chi connectivity index (χ0v) is 9.04. The molecule has 0 unspecified atom stereocenters. The Kier molecular flexibility index (Phi) is 2.57. The van der Waals surface area contributed by atoms with Crippen molar-refractivity contribution in [2.45, 2.75) is 13.3 Å². The molecule has 0 aliphatic heterocycles.